The van der Waals surface area contributed by atoms with Crippen molar-refractivity contribution in [2.24, 2.45) is 7.05 Å². The van der Waals surface area contributed by atoms with E-state index in [9.17, 15) is 4.79 Å². The smallest absolute Gasteiger partial charge is 0.255 e. The molecule has 4 heteroatoms. The molecule has 0 saturated carbocycles. The first-order chi connectivity index (χ1) is 4.74. The minimum atomic E-state index is -0.0562. The van der Waals surface area contributed by atoms with Gasteiger partial charge in [-0.25, -0.2) is 4.98 Å². The van der Waals surface area contributed by atoms with Crippen LogP contribution in [0.5, 0.6) is 0 Å². The van der Waals surface area contributed by atoms with E-state index in [0.717, 1.165) is 0 Å². The first-order valence-corrected chi connectivity index (χ1v) is 2.94. The van der Waals surface area contributed by atoms with Crippen LogP contribution in [0.25, 0.3) is 0 Å². The number of aromatic nitrogens is 2. The van der Waals surface area contributed by atoms with Crippen molar-refractivity contribution in [1.82, 2.24) is 9.55 Å². The van der Waals surface area contributed by atoms with Crippen LogP contribution in [0.2, 0.25) is 0 Å². The summed E-state index contributed by atoms with van der Waals surface area (Å²) in [6.07, 6.45) is 1.48. The van der Waals surface area contributed by atoms with Gasteiger partial charge in [0.25, 0.3) is 5.56 Å². The van der Waals surface area contributed by atoms with Crippen LogP contribution in [0.4, 0.5) is 5.82 Å². The van der Waals surface area contributed by atoms with Crippen LogP contribution >= 0.6 is 0 Å². The minimum Gasteiger partial charge on any atom is -0.373 e. The van der Waals surface area contributed by atoms with Crippen LogP contribution in [0, 0.1) is 0 Å². The molecule has 0 bridgehead atoms. The number of hydrogen-bond acceptors (Lipinski definition) is 3. The lowest BCUT2D eigenvalue weighted by Crippen LogP contribution is -2.16. The normalized spacial score (nSPS) is 9.40. The second kappa shape index (κ2) is 2.51. The van der Waals surface area contributed by atoms with Gasteiger partial charge in [0, 0.05) is 20.2 Å². The number of hydrogen-bond donors (Lipinski definition) is 1. The summed E-state index contributed by atoms with van der Waals surface area (Å²) < 4.78 is 1.42. The van der Waals surface area contributed by atoms with Crippen molar-refractivity contribution in [3.8, 4) is 0 Å². The Morgan fingerprint density at radius 2 is 2.40 bits per heavy atom. The van der Waals surface area contributed by atoms with Gasteiger partial charge in [0.15, 0.2) is 0 Å². The third-order valence-corrected chi connectivity index (χ3v) is 1.23. The molecule has 0 amide bonds. The van der Waals surface area contributed by atoms with Crippen molar-refractivity contribution in [3.63, 3.8) is 0 Å². The highest BCUT2D eigenvalue weighted by atomic mass is 16.1. The number of aryl methyl sites for hydroxylation is 1. The highest BCUT2D eigenvalue weighted by molar-refractivity contribution is 5.30. The van der Waals surface area contributed by atoms with E-state index >= 15 is 0 Å². The fraction of sp³-hybridized carbons (Fsp3) is 0.333. The molecule has 1 heterocycles. The topological polar surface area (TPSA) is 46.9 Å². The van der Waals surface area contributed by atoms with Crippen molar-refractivity contribution in [3.05, 3.63) is 22.7 Å². The summed E-state index contributed by atoms with van der Waals surface area (Å²) in [4.78, 5) is 14.8. The molecule has 0 fully saturated rings. The van der Waals surface area contributed by atoms with E-state index in [1.807, 2.05) is 0 Å². The average molecular weight is 139 g/mol. The van der Waals surface area contributed by atoms with Crippen LogP contribution in [0.15, 0.2) is 17.2 Å². The molecule has 1 aromatic rings. The molecule has 0 aliphatic heterocycles. The molecule has 0 aromatic carbocycles. The van der Waals surface area contributed by atoms with Crippen LogP contribution in [-0.2, 0) is 7.05 Å². The molecule has 0 saturated heterocycles. The summed E-state index contributed by atoms with van der Waals surface area (Å²) in [7, 11) is 3.39. The largest absolute Gasteiger partial charge is 0.373 e. The lowest BCUT2D eigenvalue weighted by Gasteiger charge is -1.98. The molecular formula is C6H9N3O. The summed E-state index contributed by atoms with van der Waals surface area (Å²) in [6, 6.07) is 1.44. The molecule has 1 rings (SSSR count). The number of rotatable bonds is 1. The van der Waals surface area contributed by atoms with E-state index in [1.54, 1.807) is 14.1 Å². The van der Waals surface area contributed by atoms with Gasteiger partial charge in [0.2, 0.25) is 0 Å². The zero-order chi connectivity index (χ0) is 7.56. The second-order valence-corrected chi connectivity index (χ2v) is 1.97. The summed E-state index contributed by atoms with van der Waals surface area (Å²) in [6.45, 7) is 0. The number of nitrogens with zero attached hydrogens (tertiary/aromatic N) is 2. The Morgan fingerprint density at radius 3 is 2.90 bits per heavy atom. The van der Waals surface area contributed by atoms with Gasteiger partial charge in [-0.05, 0) is 0 Å². The molecule has 1 N–H and O–H groups in total. The second-order valence-electron chi connectivity index (χ2n) is 1.97. The molecule has 10 heavy (non-hydrogen) atoms. The van der Waals surface area contributed by atoms with E-state index in [2.05, 4.69) is 10.3 Å². The molecule has 0 aliphatic rings. The summed E-state index contributed by atoms with van der Waals surface area (Å²) in [5.41, 5.74) is -0.0562. The molecule has 54 valence electrons. The van der Waals surface area contributed by atoms with Crippen molar-refractivity contribution >= 4 is 5.82 Å². The summed E-state index contributed by atoms with van der Waals surface area (Å²) in [5, 5.41) is 2.77. The molecule has 0 spiro atoms. The lowest BCUT2D eigenvalue weighted by atomic mass is 10.6. The van der Waals surface area contributed by atoms with Crippen LogP contribution in [0.1, 0.15) is 0 Å². The van der Waals surface area contributed by atoms with E-state index in [0.29, 0.717) is 5.82 Å². The standard InChI is InChI=1S/C6H9N3O/c1-7-5-3-6(10)9(2)4-8-5/h3-4,7H,1-2H3. The van der Waals surface area contributed by atoms with Crippen molar-refractivity contribution < 1.29 is 0 Å². The Morgan fingerprint density at radius 1 is 1.70 bits per heavy atom. The van der Waals surface area contributed by atoms with Gasteiger partial charge in [0.1, 0.15) is 5.82 Å². The third kappa shape index (κ3) is 1.15. The van der Waals surface area contributed by atoms with E-state index in [1.165, 1.54) is 17.0 Å². The van der Waals surface area contributed by atoms with Gasteiger partial charge in [0.05, 0.1) is 6.33 Å². The monoisotopic (exact) mass is 139 g/mol. The maximum Gasteiger partial charge on any atom is 0.255 e. The fourth-order valence-corrected chi connectivity index (χ4v) is 0.598. The third-order valence-electron chi connectivity index (χ3n) is 1.23. The molecule has 4 nitrogen and oxygen atoms in total. The minimum absolute atomic E-state index is 0.0562. The molecule has 0 radical (unpaired) electrons. The summed E-state index contributed by atoms with van der Waals surface area (Å²) >= 11 is 0. The fourth-order valence-electron chi connectivity index (χ4n) is 0.598. The predicted molar refractivity (Wildman–Crippen MR) is 39.0 cm³/mol. The Labute approximate surface area is 58.5 Å². The Balaban J connectivity index is 3.17. The highest BCUT2D eigenvalue weighted by Crippen LogP contribution is 1.91. The first kappa shape index (κ1) is 6.80. The van der Waals surface area contributed by atoms with Crippen molar-refractivity contribution in [1.29, 1.82) is 0 Å². The van der Waals surface area contributed by atoms with E-state index in [4.69, 9.17) is 0 Å². The molecule has 1 aromatic heterocycles. The molecule has 0 aliphatic carbocycles. The van der Waals surface area contributed by atoms with Crippen LogP contribution in [-0.4, -0.2) is 16.6 Å². The number of nitrogens with one attached hydrogen (secondary N) is 1. The number of anilines is 1. The van der Waals surface area contributed by atoms with Crippen LogP contribution < -0.4 is 10.9 Å². The van der Waals surface area contributed by atoms with Gasteiger partial charge in [-0.2, -0.15) is 0 Å². The van der Waals surface area contributed by atoms with E-state index in [-0.39, 0.29) is 5.56 Å². The Bertz CT molecular complexity index is 279. The maximum absolute atomic E-state index is 10.9. The van der Waals surface area contributed by atoms with Crippen molar-refractivity contribution in [2.75, 3.05) is 12.4 Å². The van der Waals surface area contributed by atoms with Gasteiger partial charge < -0.3 is 9.88 Å². The van der Waals surface area contributed by atoms with Crippen molar-refractivity contribution in [2.45, 2.75) is 0 Å². The lowest BCUT2D eigenvalue weighted by molar-refractivity contribution is 0.826. The molecular weight excluding hydrogens is 130 g/mol. The van der Waals surface area contributed by atoms with Gasteiger partial charge in [-0.3, -0.25) is 4.79 Å². The zero-order valence-corrected chi connectivity index (χ0v) is 5.96. The van der Waals surface area contributed by atoms with E-state index < -0.39 is 0 Å². The van der Waals surface area contributed by atoms with Gasteiger partial charge in [-0.15, -0.1) is 0 Å². The zero-order valence-electron chi connectivity index (χ0n) is 5.96. The maximum atomic E-state index is 10.9. The molecule has 0 unspecified atom stereocenters. The first-order valence-electron chi connectivity index (χ1n) is 2.94. The van der Waals surface area contributed by atoms with Gasteiger partial charge in [-0.1, -0.05) is 0 Å². The highest BCUT2D eigenvalue weighted by Gasteiger charge is 1.91. The van der Waals surface area contributed by atoms with Crippen LogP contribution in [0.3, 0.4) is 0 Å². The quantitative estimate of drug-likeness (QED) is 0.587. The average Bonchev–Trinajstić information content (AvgIpc) is 1.95. The SMILES string of the molecule is CNc1cc(=O)n(C)cn1. The predicted octanol–water partition coefficient (Wildman–Crippen LogP) is -0.178. The Kier molecular flexibility index (Phi) is 1.71. The summed E-state index contributed by atoms with van der Waals surface area (Å²) in [5.74, 6) is 0.600. The Hall–Kier alpha value is -1.32. The molecule has 0 atom stereocenters. The van der Waals surface area contributed by atoms with Gasteiger partial charge >= 0.3 is 0 Å².